The first-order chi connectivity index (χ1) is 9.66. The normalized spacial score (nSPS) is 30.1. The largest absolute Gasteiger partial charge is 0.281 e. The molecule has 0 saturated heterocycles. The van der Waals surface area contributed by atoms with Gasteiger partial charge in [0.05, 0.1) is 0 Å². The molecule has 116 valence electrons. The maximum atomic E-state index is 11.0. The first-order valence-corrected chi connectivity index (χ1v) is 9.24. The third-order valence-electron chi connectivity index (χ3n) is 5.84. The Hall–Kier alpha value is -0.0400. The van der Waals surface area contributed by atoms with Crippen LogP contribution in [0.25, 0.3) is 0 Å². The van der Waals surface area contributed by atoms with Crippen molar-refractivity contribution in [1.82, 2.24) is 0 Å². The van der Waals surface area contributed by atoms with Crippen molar-refractivity contribution in [3.05, 3.63) is 0 Å². The Balaban J connectivity index is 1.60. The minimum absolute atomic E-state index is 0.0512. The van der Waals surface area contributed by atoms with E-state index in [1.54, 1.807) is 0 Å². The second-order valence-electron chi connectivity index (χ2n) is 7.31. The van der Waals surface area contributed by atoms with Gasteiger partial charge in [-0.2, -0.15) is 0 Å². The highest BCUT2D eigenvalue weighted by atomic mass is 35.5. The van der Waals surface area contributed by atoms with Gasteiger partial charge in [0, 0.05) is 5.92 Å². The van der Waals surface area contributed by atoms with E-state index < -0.39 is 0 Å². The van der Waals surface area contributed by atoms with Gasteiger partial charge in [0.25, 0.3) is 0 Å². The fourth-order valence-corrected chi connectivity index (χ4v) is 4.49. The Morgan fingerprint density at radius 3 is 2.20 bits per heavy atom. The Kier molecular flexibility index (Phi) is 6.87. The van der Waals surface area contributed by atoms with E-state index in [-0.39, 0.29) is 11.2 Å². The standard InChI is InChI=1S/C18H31ClO/c1-14(18(19)20)6-5-7-15-10-12-17(13-11-15)16-8-3-2-4-9-16/h14-17H,2-13H2,1H3/t14?,15-,17-. The topological polar surface area (TPSA) is 17.1 Å². The van der Waals surface area contributed by atoms with Gasteiger partial charge < -0.3 is 0 Å². The summed E-state index contributed by atoms with van der Waals surface area (Å²) in [4.78, 5) is 11.0. The van der Waals surface area contributed by atoms with Crippen LogP contribution < -0.4 is 0 Å². The summed E-state index contributed by atoms with van der Waals surface area (Å²) in [5.41, 5.74) is 0. The lowest BCUT2D eigenvalue weighted by atomic mass is 9.70. The summed E-state index contributed by atoms with van der Waals surface area (Å²) in [6, 6.07) is 0. The van der Waals surface area contributed by atoms with Crippen LogP contribution in [-0.4, -0.2) is 5.24 Å². The second kappa shape index (κ2) is 8.41. The van der Waals surface area contributed by atoms with E-state index in [0.29, 0.717) is 0 Å². The summed E-state index contributed by atoms with van der Waals surface area (Å²) in [6.07, 6.45) is 16.7. The second-order valence-corrected chi connectivity index (χ2v) is 7.69. The zero-order valence-electron chi connectivity index (χ0n) is 13.1. The number of carbonyl (C=O) groups is 1. The van der Waals surface area contributed by atoms with Crippen molar-refractivity contribution < 1.29 is 4.79 Å². The van der Waals surface area contributed by atoms with Crippen molar-refractivity contribution in [3.63, 3.8) is 0 Å². The molecule has 20 heavy (non-hydrogen) atoms. The molecule has 2 aliphatic carbocycles. The number of halogens is 1. The van der Waals surface area contributed by atoms with Crippen molar-refractivity contribution in [1.29, 1.82) is 0 Å². The minimum atomic E-state index is -0.161. The van der Waals surface area contributed by atoms with Gasteiger partial charge in [0.2, 0.25) is 5.24 Å². The molecule has 0 aromatic carbocycles. The summed E-state index contributed by atoms with van der Waals surface area (Å²) in [5, 5.41) is -0.161. The van der Waals surface area contributed by atoms with Gasteiger partial charge in [-0.15, -0.1) is 0 Å². The number of hydrogen-bond donors (Lipinski definition) is 0. The predicted octanol–water partition coefficient (Wildman–Crippen LogP) is 5.94. The molecule has 0 radical (unpaired) electrons. The van der Waals surface area contributed by atoms with E-state index >= 15 is 0 Å². The van der Waals surface area contributed by atoms with E-state index in [4.69, 9.17) is 11.6 Å². The van der Waals surface area contributed by atoms with Gasteiger partial charge in [0.1, 0.15) is 0 Å². The summed E-state index contributed by atoms with van der Waals surface area (Å²) < 4.78 is 0. The van der Waals surface area contributed by atoms with Crippen LogP contribution in [0.1, 0.15) is 84.0 Å². The lowest BCUT2D eigenvalue weighted by molar-refractivity contribution is -0.114. The molecule has 0 amide bonds. The average Bonchev–Trinajstić information content (AvgIpc) is 2.48. The highest BCUT2D eigenvalue weighted by molar-refractivity contribution is 6.63. The zero-order chi connectivity index (χ0) is 14.4. The van der Waals surface area contributed by atoms with Crippen LogP contribution in [0.3, 0.4) is 0 Å². The Bertz CT molecular complexity index is 288. The number of carbonyl (C=O) groups excluding carboxylic acids is 1. The summed E-state index contributed by atoms with van der Waals surface area (Å²) in [5.74, 6) is 3.07. The Morgan fingerprint density at radius 1 is 1.00 bits per heavy atom. The van der Waals surface area contributed by atoms with Gasteiger partial charge in [-0.05, 0) is 48.6 Å². The van der Waals surface area contributed by atoms with Crippen LogP contribution in [-0.2, 0) is 4.79 Å². The fraction of sp³-hybridized carbons (Fsp3) is 0.944. The van der Waals surface area contributed by atoms with Crippen molar-refractivity contribution >= 4 is 16.8 Å². The fourth-order valence-electron chi connectivity index (χ4n) is 4.38. The van der Waals surface area contributed by atoms with Crippen LogP contribution >= 0.6 is 11.6 Å². The molecular formula is C18H31ClO. The van der Waals surface area contributed by atoms with Gasteiger partial charge >= 0.3 is 0 Å². The molecule has 0 spiro atoms. The number of hydrogen-bond acceptors (Lipinski definition) is 1. The van der Waals surface area contributed by atoms with Crippen molar-refractivity contribution in [2.24, 2.45) is 23.7 Å². The molecule has 0 N–H and O–H groups in total. The average molecular weight is 299 g/mol. The number of rotatable bonds is 6. The monoisotopic (exact) mass is 298 g/mol. The van der Waals surface area contributed by atoms with E-state index in [9.17, 15) is 4.79 Å². The smallest absolute Gasteiger partial charge is 0.224 e. The van der Waals surface area contributed by atoms with Gasteiger partial charge in [0.15, 0.2) is 0 Å². The molecule has 2 rings (SSSR count). The van der Waals surface area contributed by atoms with Crippen LogP contribution in [0.4, 0.5) is 0 Å². The SMILES string of the molecule is CC(CCC[C@H]1CC[C@H](C2CCCCC2)CC1)C(=O)Cl. The van der Waals surface area contributed by atoms with E-state index in [1.807, 2.05) is 6.92 Å². The zero-order valence-corrected chi connectivity index (χ0v) is 13.8. The molecule has 1 unspecified atom stereocenters. The van der Waals surface area contributed by atoms with E-state index in [0.717, 1.165) is 24.2 Å². The molecule has 0 aromatic heterocycles. The molecule has 0 aliphatic heterocycles. The minimum Gasteiger partial charge on any atom is -0.281 e. The van der Waals surface area contributed by atoms with Crippen LogP contribution in [0.15, 0.2) is 0 Å². The summed E-state index contributed by atoms with van der Waals surface area (Å²) in [7, 11) is 0. The molecule has 2 fully saturated rings. The van der Waals surface area contributed by atoms with Crippen LogP contribution in [0.5, 0.6) is 0 Å². The van der Waals surface area contributed by atoms with Crippen molar-refractivity contribution in [2.75, 3.05) is 0 Å². The maximum absolute atomic E-state index is 11.0. The summed E-state index contributed by atoms with van der Waals surface area (Å²) in [6.45, 7) is 1.95. The van der Waals surface area contributed by atoms with E-state index in [2.05, 4.69) is 0 Å². The molecule has 2 saturated carbocycles. The summed E-state index contributed by atoms with van der Waals surface area (Å²) >= 11 is 5.52. The molecule has 2 aliphatic rings. The van der Waals surface area contributed by atoms with Crippen LogP contribution in [0, 0.1) is 23.7 Å². The van der Waals surface area contributed by atoms with E-state index in [1.165, 1.54) is 70.6 Å². The lowest BCUT2D eigenvalue weighted by Gasteiger charge is -2.36. The lowest BCUT2D eigenvalue weighted by Crippen LogP contribution is -2.23. The third-order valence-corrected chi connectivity index (χ3v) is 6.22. The van der Waals surface area contributed by atoms with Gasteiger partial charge in [-0.3, -0.25) is 4.79 Å². The molecule has 1 nitrogen and oxygen atoms in total. The molecular weight excluding hydrogens is 268 g/mol. The maximum Gasteiger partial charge on any atom is 0.224 e. The highest BCUT2D eigenvalue weighted by Crippen LogP contribution is 2.41. The molecule has 0 aromatic rings. The molecule has 1 atom stereocenters. The first-order valence-electron chi connectivity index (χ1n) is 8.86. The van der Waals surface area contributed by atoms with Crippen molar-refractivity contribution in [2.45, 2.75) is 84.0 Å². The first kappa shape index (κ1) is 16.3. The molecule has 0 bridgehead atoms. The quantitative estimate of drug-likeness (QED) is 0.554. The Labute approximate surface area is 129 Å². The Morgan fingerprint density at radius 2 is 1.60 bits per heavy atom. The third kappa shape index (κ3) is 5.06. The predicted molar refractivity (Wildman–Crippen MR) is 85.9 cm³/mol. The molecule has 0 heterocycles. The van der Waals surface area contributed by atoms with Crippen molar-refractivity contribution in [3.8, 4) is 0 Å². The van der Waals surface area contributed by atoms with Gasteiger partial charge in [-0.25, -0.2) is 0 Å². The van der Waals surface area contributed by atoms with Crippen LogP contribution in [0.2, 0.25) is 0 Å². The molecule has 2 heteroatoms. The highest BCUT2D eigenvalue weighted by Gasteiger charge is 2.28. The van der Waals surface area contributed by atoms with Gasteiger partial charge in [-0.1, -0.05) is 64.7 Å².